The Morgan fingerprint density at radius 2 is 1.29 bits per heavy atom. The fraction of sp³-hybridized carbons (Fsp3) is 0.709. The van der Waals surface area contributed by atoms with E-state index in [4.69, 9.17) is 18.9 Å². The van der Waals surface area contributed by atoms with Gasteiger partial charge < -0.3 is 18.9 Å². The van der Waals surface area contributed by atoms with Crippen LogP contribution in [0.15, 0.2) is 48.5 Å². The SMILES string of the molecule is C[C@H](CCCCC(=O)OC(C)(C)C)C1CCC2C3CCC4C[C@H](OC(=O)[C@@H](CCC(=O)OC(C)(C)C)CC(=O)OCC5c6ccccc6-c6ccccc65)CC[C@]4(C)C3CC[C@@]21C. The maximum absolute atomic E-state index is 14.1. The minimum Gasteiger partial charge on any atom is -0.465 e. The predicted molar refractivity (Wildman–Crippen MR) is 246 cm³/mol. The van der Waals surface area contributed by atoms with Gasteiger partial charge >= 0.3 is 23.9 Å². The van der Waals surface area contributed by atoms with Gasteiger partial charge in [-0.15, -0.1) is 0 Å². The molecule has 0 aromatic heterocycles. The Bertz CT molecular complexity index is 1910. The van der Waals surface area contributed by atoms with Gasteiger partial charge in [-0.3, -0.25) is 19.2 Å². The predicted octanol–water partition coefficient (Wildman–Crippen LogP) is 12.6. The van der Waals surface area contributed by atoms with Crippen LogP contribution in [0.5, 0.6) is 0 Å². The van der Waals surface area contributed by atoms with Gasteiger partial charge in [0, 0.05) is 18.8 Å². The minimum atomic E-state index is -0.795. The summed E-state index contributed by atoms with van der Waals surface area (Å²) in [6, 6.07) is 16.5. The average molecular weight is 867 g/mol. The first-order chi connectivity index (χ1) is 29.8. The van der Waals surface area contributed by atoms with Crippen LogP contribution in [0.2, 0.25) is 0 Å². The minimum absolute atomic E-state index is 0.0238. The largest absolute Gasteiger partial charge is 0.465 e. The number of hydrogen-bond acceptors (Lipinski definition) is 8. The van der Waals surface area contributed by atoms with Crippen molar-refractivity contribution in [2.24, 2.45) is 52.3 Å². The maximum Gasteiger partial charge on any atom is 0.309 e. The van der Waals surface area contributed by atoms with Crippen molar-refractivity contribution in [2.75, 3.05) is 6.61 Å². The lowest BCUT2D eigenvalue weighted by Crippen LogP contribution is -2.54. The highest BCUT2D eigenvalue weighted by atomic mass is 16.6. The summed E-state index contributed by atoms with van der Waals surface area (Å²) in [7, 11) is 0. The quantitative estimate of drug-likeness (QED) is 0.0990. The van der Waals surface area contributed by atoms with E-state index in [1.54, 1.807) is 0 Å². The number of carbonyl (C=O) groups is 4. The molecule has 5 unspecified atom stereocenters. The molecule has 2 aromatic carbocycles. The Morgan fingerprint density at radius 1 is 0.683 bits per heavy atom. The zero-order chi connectivity index (χ0) is 45.3. The van der Waals surface area contributed by atoms with Gasteiger partial charge in [0.05, 0.1) is 12.3 Å². The molecule has 0 saturated heterocycles. The topological polar surface area (TPSA) is 105 Å². The fourth-order valence-electron chi connectivity index (χ4n) is 13.8. The number of ether oxygens (including phenoxy) is 4. The number of carbonyl (C=O) groups excluding carboxylic acids is 4. The highest BCUT2D eigenvalue weighted by Gasteiger charge is 2.61. The molecule has 7 rings (SSSR count). The molecule has 0 heterocycles. The lowest BCUT2D eigenvalue weighted by molar-refractivity contribution is -0.170. The van der Waals surface area contributed by atoms with E-state index in [1.165, 1.54) is 44.9 Å². The maximum atomic E-state index is 14.1. The van der Waals surface area contributed by atoms with Crippen LogP contribution < -0.4 is 0 Å². The Kier molecular flexibility index (Phi) is 14.3. The van der Waals surface area contributed by atoms with Crippen molar-refractivity contribution < 1.29 is 38.1 Å². The third kappa shape index (κ3) is 10.7. The standard InChI is InChI=1S/C55H78O8/c1-35(16-10-15-21-48(56)62-52(2,3)4)45-25-26-46-43-24-23-37-33-38(28-30-54(37,8)47(43)29-31-55(45,46)9)61-51(59)36(22-27-49(57)63-53(5,6)7)32-50(58)60-34-44-41-19-13-11-17-39(41)40-18-12-14-20-42(40)44/h11-14,17-20,35-38,43-47H,10,15-16,21-34H2,1-9H3/t35-,36+,37?,38-,43?,45?,46?,47?,54+,55-/m1/s1. The molecule has 346 valence electrons. The van der Waals surface area contributed by atoms with Gasteiger partial charge in [-0.25, -0.2) is 0 Å². The molecule has 4 saturated carbocycles. The fourth-order valence-corrected chi connectivity index (χ4v) is 13.8. The van der Waals surface area contributed by atoms with E-state index >= 15 is 0 Å². The van der Waals surface area contributed by atoms with Gasteiger partial charge in [0.25, 0.3) is 0 Å². The zero-order valence-corrected chi connectivity index (χ0v) is 40.1. The molecule has 0 N–H and O–H groups in total. The third-order valence-electron chi connectivity index (χ3n) is 16.6. The van der Waals surface area contributed by atoms with E-state index < -0.39 is 29.1 Å². The first kappa shape index (κ1) is 47.3. The monoisotopic (exact) mass is 867 g/mol. The summed E-state index contributed by atoms with van der Waals surface area (Å²) in [4.78, 5) is 52.8. The Labute approximate surface area is 378 Å². The zero-order valence-electron chi connectivity index (χ0n) is 40.1. The number of unbranched alkanes of at least 4 members (excludes halogenated alkanes) is 1. The Hall–Kier alpha value is -3.68. The third-order valence-corrected chi connectivity index (χ3v) is 16.6. The second-order valence-electron chi connectivity index (χ2n) is 23.0. The van der Waals surface area contributed by atoms with Crippen LogP contribution in [0.4, 0.5) is 0 Å². The molecule has 0 radical (unpaired) electrons. The van der Waals surface area contributed by atoms with Crippen LogP contribution in [0.25, 0.3) is 11.1 Å². The van der Waals surface area contributed by atoms with Crippen molar-refractivity contribution >= 4 is 23.9 Å². The van der Waals surface area contributed by atoms with Crippen molar-refractivity contribution in [3.63, 3.8) is 0 Å². The Balaban J connectivity index is 0.938. The molecular formula is C55H78O8. The lowest BCUT2D eigenvalue weighted by atomic mass is 9.44. The first-order valence-electron chi connectivity index (χ1n) is 24.7. The molecule has 0 aliphatic heterocycles. The van der Waals surface area contributed by atoms with E-state index in [0.29, 0.717) is 29.6 Å². The van der Waals surface area contributed by atoms with Gasteiger partial charge in [-0.1, -0.05) is 82.1 Å². The molecule has 8 nitrogen and oxygen atoms in total. The van der Waals surface area contributed by atoms with Crippen LogP contribution in [0.3, 0.4) is 0 Å². The van der Waals surface area contributed by atoms with E-state index in [9.17, 15) is 19.2 Å². The number of rotatable bonds is 15. The normalized spacial score (nSPS) is 29.8. The van der Waals surface area contributed by atoms with Crippen LogP contribution in [-0.2, 0) is 38.1 Å². The van der Waals surface area contributed by atoms with Crippen molar-refractivity contribution in [3.8, 4) is 11.1 Å². The van der Waals surface area contributed by atoms with Gasteiger partial charge in [-0.05, 0) is 181 Å². The number of esters is 4. The number of fused-ring (bicyclic) bond motifs is 8. The highest BCUT2D eigenvalue weighted by molar-refractivity contribution is 5.82. The lowest BCUT2D eigenvalue weighted by Gasteiger charge is -2.61. The summed E-state index contributed by atoms with van der Waals surface area (Å²) in [5.41, 5.74) is 4.12. The number of hydrogen-bond donors (Lipinski definition) is 0. The van der Waals surface area contributed by atoms with Crippen molar-refractivity contribution in [2.45, 2.75) is 188 Å². The van der Waals surface area contributed by atoms with Gasteiger partial charge in [0.1, 0.15) is 23.9 Å². The van der Waals surface area contributed by atoms with Crippen LogP contribution in [0.1, 0.15) is 182 Å². The summed E-state index contributed by atoms with van der Waals surface area (Å²) >= 11 is 0. The van der Waals surface area contributed by atoms with E-state index in [1.807, 2.05) is 65.8 Å². The molecular weight excluding hydrogens is 789 g/mol. The molecule has 0 spiro atoms. The van der Waals surface area contributed by atoms with Crippen molar-refractivity contribution in [1.29, 1.82) is 0 Å². The van der Waals surface area contributed by atoms with Crippen molar-refractivity contribution in [1.82, 2.24) is 0 Å². The van der Waals surface area contributed by atoms with E-state index in [2.05, 4.69) is 45.0 Å². The molecule has 0 amide bonds. The van der Waals surface area contributed by atoms with Gasteiger partial charge in [0.15, 0.2) is 0 Å². The average Bonchev–Trinajstić information content (AvgIpc) is 3.73. The molecule has 5 aliphatic rings. The summed E-state index contributed by atoms with van der Waals surface area (Å²) in [5, 5.41) is 0. The van der Waals surface area contributed by atoms with E-state index in [0.717, 1.165) is 72.1 Å². The van der Waals surface area contributed by atoms with Gasteiger partial charge in [0.2, 0.25) is 0 Å². The van der Waals surface area contributed by atoms with Crippen LogP contribution >= 0.6 is 0 Å². The summed E-state index contributed by atoms with van der Waals surface area (Å²) in [5.74, 6) is 1.91. The van der Waals surface area contributed by atoms with Crippen LogP contribution in [0, 0.1) is 52.3 Å². The number of benzene rings is 2. The van der Waals surface area contributed by atoms with E-state index in [-0.39, 0.29) is 55.2 Å². The smallest absolute Gasteiger partial charge is 0.309 e. The summed E-state index contributed by atoms with van der Waals surface area (Å²) < 4.78 is 23.4. The second-order valence-corrected chi connectivity index (χ2v) is 23.0. The molecule has 5 aliphatic carbocycles. The molecule has 0 bridgehead atoms. The Morgan fingerprint density at radius 3 is 1.94 bits per heavy atom. The molecule has 8 heteroatoms. The van der Waals surface area contributed by atoms with Crippen LogP contribution in [-0.4, -0.2) is 47.8 Å². The summed E-state index contributed by atoms with van der Waals surface area (Å²) in [6.07, 6.45) is 13.9. The van der Waals surface area contributed by atoms with Crippen molar-refractivity contribution in [3.05, 3.63) is 59.7 Å². The highest BCUT2D eigenvalue weighted by Crippen LogP contribution is 2.68. The second kappa shape index (κ2) is 19.0. The van der Waals surface area contributed by atoms with Gasteiger partial charge in [-0.2, -0.15) is 0 Å². The first-order valence-corrected chi connectivity index (χ1v) is 24.7. The molecule has 63 heavy (non-hydrogen) atoms. The molecule has 10 atom stereocenters. The molecule has 2 aromatic rings. The summed E-state index contributed by atoms with van der Waals surface area (Å²) in [6.45, 7) is 19.1. The molecule has 4 fully saturated rings.